The molecule has 0 aliphatic carbocycles. The lowest BCUT2D eigenvalue weighted by Crippen LogP contribution is -2.15. The van der Waals surface area contributed by atoms with Crippen LogP contribution < -0.4 is 5.32 Å². The van der Waals surface area contributed by atoms with Crippen molar-refractivity contribution >= 4 is 39.9 Å². The first-order valence-corrected chi connectivity index (χ1v) is 9.50. The zero-order chi connectivity index (χ0) is 19.7. The second kappa shape index (κ2) is 7.66. The normalized spacial score (nSPS) is 12.1. The van der Waals surface area contributed by atoms with E-state index in [-0.39, 0.29) is 5.75 Å². The Balaban J connectivity index is 1.95. The molecule has 0 aliphatic rings. The van der Waals surface area contributed by atoms with E-state index >= 15 is 0 Å². The number of phenols is 1. The number of nitrogens with one attached hydrogen (secondary N) is 1. The largest absolute Gasteiger partial charge is 0.505 e. The van der Waals surface area contributed by atoms with Crippen molar-refractivity contribution < 1.29 is 5.11 Å². The van der Waals surface area contributed by atoms with E-state index < -0.39 is 6.04 Å². The summed E-state index contributed by atoms with van der Waals surface area (Å²) in [6.07, 6.45) is 3.36. The second-order valence-corrected chi connectivity index (χ2v) is 7.33. The monoisotopic (exact) mass is 409 g/mol. The van der Waals surface area contributed by atoms with Crippen LogP contribution >= 0.6 is 23.2 Å². The topological polar surface area (TPSA) is 58.0 Å². The molecule has 2 heterocycles. The van der Waals surface area contributed by atoms with Gasteiger partial charge in [-0.25, -0.2) is 4.98 Å². The van der Waals surface area contributed by atoms with Gasteiger partial charge in [0.25, 0.3) is 0 Å². The molecule has 0 amide bonds. The average molecular weight is 410 g/mol. The Morgan fingerprint density at radius 3 is 2.57 bits per heavy atom. The van der Waals surface area contributed by atoms with E-state index in [1.54, 1.807) is 30.6 Å². The van der Waals surface area contributed by atoms with Gasteiger partial charge in [0.1, 0.15) is 17.1 Å². The van der Waals surface area contributed by atoms with Gasteiger partial charge in [0, 0.05) is 33.4 Å². The number of aromatic nitrogens is 2. The van der Waals surface area contributed by atoms with E-state index in [2.05, 4.69) is 15.3 Å². The van der Waals surface area contributed by atoms with Gasteiger partial charge in [-0.2, -0.15) is 0 Å². The molecule has 0 aliphatic heterocycles. The van der Waals surface area contributed by atoms with Crippen LogP contribution in [0.3, 0.4) is 0 Å². The van der Waals surface area contributed by atoms with Gasteiger partial charge in [-0.15, -0.1) is 0 Å². The van der Waals surface area contributed by atoms with Crippen LogP contribution in [0.1, 0.15) is 22.7 Å². The van der Waals surface area contributed by atoms with Crippen molar-refractivity contribution in [3.8, 4) is 5.75 Å². The van der Waals surface area contributed by atoms with Gasteiger partial charge < -0.3 is 10.4 Å². The summed E-state index contributed by atoms with van der Waals surface area (Å²) in [6, 6.07) is 16.2. The molecule has 0 bridgehead atoms. The maximum Gasteiger partial charge on any atom is 0.147 e. The van der Waals surface area contributed by atoms with E-state index in [9.17, 15) is 5.11 Å². The summed E-state index contributed by atoms with van der Waals surface area (Å²) in [4.78, 5) is 8.71. The van der Waals surface area contributed by atoms with Crippen molar-refractivity contribution in [3.63, 3.8) is 0 Å². The first-order chi connectivity index (χ1) is 13.5. The molecule has 4 nitrogen and oxygen atoms in total. The highest BCUT2D eigenvalue weighted by atomic mass is 35.5. The van der Waals surface area contributed by atoms with Gasteiger partial charge >= 0.3 is 0 Å². The van der Waals surface area contributed by atoms with Gasteiger partial charge in [0.15, 0.2) is 0 Å². The number of nitrogens with zero attached hydrogens (tertiary/aromatic N) is 2. The van der Waals surface area contributed by atoms with Crippen LogP contribution in [0.4, 0.5) is 5.82 Å². The zero-order valence-corrected chi connectivity index (χ0v) is 16.5. The van der Waals surface area contributed by atoms with Crippen molar-refractivity contribution in [2.24, 2.45) is 0 Å². The number of fused-ring (bicyclic) bond motifs is 1. The third-order valence-corrected chi connectivity index (χ3v) is 5.21. The first kappa shape index (κ1) is 18.5. The number of hydrogen-bond donors (Lipinski definition) is 2. The SMILES string of the molecule is Cc1cc2cccnc2c(O)c1C(Nc1ccccn1)c1cc(Cl)ccc1Cl. The summed E-state index contributed by atoms with van der Waals surface area (Å²) < 4.78 is 0. The summed E-state index contributed by atoms with van der Waals surface area (Å²) >= 11 is 12.8. The molecule has 1 atom stereocenters. The lowest BCUT2D eigenvalue weighted by Gasteiger charge is -2.25. The van der Waals surface area contributed by atoms with Crippen LogP contribution in [-0.4, -0.2) is 15.1 Å². The standard InChI is InChI=1S/C22H17Cl2N3O/c1-13-11-14-5-4-10-26-20(14)22(28)19(13)21(27-18-6-2-3-9-25-18)16-12-15(23)7-8-17(16)24/h2-12,21,28H,1H3,(H,25,27). The zero-order valence-electron chi connectivity index (χ0n) is 15.0. The van der Waals surface area contributed by atoms with Crippen molar-refractivity contribution in [1.82, 2.24) is 9.97 Å². The number of aromatic hydroxyl groups is 1. The average Bonchev–Trinajstić information content (AvgIpc) is 2.70. The van der Waals surface area contributed by atoms with Crippen LogP contribution in [-0.2, 0) is 0 Å². The maximum absolute atomic E-state index is 11.1. The molecule has 0 radical (unpaired) electrons. The van der Waals surface area contributed by atoms with Crippen LogP contribution in [0.5, 0.6) is 5.75 Å². The number of hydrogen-bond acceptors (Lipinski definition) is 4. The molecule has 0 saturated carbocycles. The Morgan fingerprint density at radius 2 is 1.79 bits per heavy atom. The smallest absolute Gasteiger partial charge is 0.147 e. The van der Waals surface area contributed by atoms with E-state index in [1.165, 1.54) is 0 Å². The molecule has 6 heteroatoms. The number of rotatable bonds is 4. The summed E-state index contributed by atoms with van der Waals surface area (Å²) in [6.45, 7) is 1.95. The molecule has 2 aromatic heterocycles. The minimum atomic E-state index is -0.465. The second-order valence-electron chi connectivity index (χ2n) is 6.49. The minimum Gasteiger partial charge on any atom is -0.505 e. The molecule has 0 saturated heterocycles. The highest BCUT2D eigenvalue weighted by molar-refractivity contribution is 6.33. The van der Waals surface area contributed by atoms with Gasteiger partial charge in [-0.05, 0) is 60.5 Å². The number of benzene rings is 2. The lowest BCUT2D eigenvalue weighted by atomic mass is 9.92. The van der Waals surface area contributed by atoms with Crippen LogP contribution in [0.25, 0.3) is 10.9 Å². The third-order valence-electron chi connectivity index (χ3n) is 4.63. The van der Waals surface area contributed by atoms with E-state index in [1.807, 2.05) is 43.3 Å². The number of phenolic OH excluding ortho intramolecular Hbond substituents is 1. The highest BCUT2D eigenvalue weighted by Crippen LogP contribution is 2.41. The van der Waals surface area contributed by atoms with Crippen LogP contribution in [0.15, 0.2) is 67.0 Å². The van der Waals surface area contributed by atoms with Crippen molar-refractivity contribution in [1.29, 1.82) is 0 Å². The Hall–Kier alpha value is -2.82. The Bertz CT molecular complexity index is 1150. The highest BCUT2D eigenvalue weighted by Gasteiger charge is 2.25. The Morgan fingerprint density at radius 1 is 0.964 bits per heavy atom. The van der Waals surface area contributed by atoms with Crippen LogP contribution in [0.2, 0.25) is 10.0 Å². The number of aryl methyl sites for hydroxylation is 1. The molecular weight excluding hydrogens is 393 g/mol. The predicted molar refractivity (Wildman–Crippen MR) is 114 cm³/mol. The van der Waals surface area contributed by atoms with Gasteiger partial charge in [-0.1, -0.05) is 35.3 Å². The molecular formula is C22H17Cl2N3O. The first-order valence-electron chi connectivity index (χ1n) is 8.74. The molecule has 1 unspecified atom stereocenters. The minimum absolute atomic E-state index is 0.111. The van der Waals surface area contributed by atoms with Gasteiger partial charge in [0.2, 0.25) is 0 Å². The lowest BCUT2D eigenvalue weighted by molar-refractivity contribution is 0.471. The fourth-order valence-corrected chi connectivity index (χ4v) is 3.77. The fraction of sp³-hybridized carbons (Fsp3) is 0.0909. The van der Waals surface area contributed by atoms with Gasteiger partial charge in [0.05, 0.1) is 6.04 Å². The van der Waals surface area contributed by atoms with E-state index in [0.29, 0.717) is 26.9 Å². The molecule has 140 valence electrons. The fourth-order valence-electron chi connectivity index (χ4n) is 3.36. The Labute approximate surface area is 172 Å². The molecule has 2 aromatic carbocycles. The molecule has 2 N–H and O–H groups in total. The number of anilines is 1. The van der Waals surface area contributed by atoms with Gasteiger partial charge in [-0.3, -0.25) is 4.98 Å². The summed E-state index contributed by atoms with van der Waals surface area (Å²) in [5.41, 5.74) is 2.87. The molecule has 28 heavy (non-hydrogen) atoms. The van der Waals surface area contributed by atoms with Crippen LogP contribution in [0, 0.1) is 6.92 Å². The quantitative estimate of drug-likeness (QED) is 0.424. The summed E-state index contributed by atoms with van der Waals surface area (Å²) in [5.74, 6) is 0.767. The molecule has 0 fully saturated rings. The predicted octanol–water partition coefficient (Wildman–Crippen LogP) is 6.15. The molecule has 4 aromatic rings. The number of halogens is 2. The third kappa shape index (κ3) is 3.49. The van der Waals surface area contributed by atoms with E-state index in [4.69, 9.17) is 23.2 Å². The maximum atomic E-state index is 11.1. The summed E-state index contributed by atoms with van der Waals surface area (Å²) in [7, 11) is 0. The van der Waals surface area contributed by atoms with Crippen molar-refractivity contribution in [2.75, 3.05) is 5.32 Å². The number of pyridine rings is 2. The molecule has 0 spiro atoms. The molecule has 4 rings (SSSR count). The van der Waals surface area contributed by atoms with Crippen molar-refractivity contribution in [3.05, 3.63) is 93.7 Å². The van der Waals surface area contributed by atoms with Crippen molar-refractivity contribution in [2.45, 2.75) is 13.0 Å². The van der Waals surface area contributed by atoms with E-state index in [0.717, 1.165) is 16.5 Å². The Kier molecular flexibility index (Phi) is 5.07. The summed E-state index contributed by atoms with van der Waals surface area (Å²) in [5, 5.41) is 16.5.